The van der Waals surface area contributed by atoms with Crippen LogP contribution in [0, 0.1) is 23.2 Å². The molecule has 0 N–H and O–H groups in total. The second-order valence-electron chi connectivity index (χ2n) is 8.40. The lowest BCUT2D eigenvalue weighted by atomic mass is 9.49. The van der Waals surface area contributed by atoms with E-state index >= 15 is 0 Å². The molecule has 0 radical (unpaired) electrons. The number of Topliss-reactive ketones (excluding diaryl/α,β-unsaturated/α-hetero) is 1. The van der Waals surface area contributed by atoms with Crippen LogP contribution in [0.3, 0.4) is 0 Å². The molecule has 21 heavy (non-hydrogen) atoms. The lowest BCUT2D eigenvalue weighted by Gasteiger charge is -2.56. The molecule has 4 saturated carbocycles. The van der Waals surface area contributed by atoms with Crippen LogP contribution in [0.25, 0.3) is 0 Å². The Morgan fingerprint density at radius 3 is 2.14 bits per heavy atom. The normalized spacial score (nSPS) is 44.3. The van der Waals surface area contributed by atoms with Crippen molar-refractivity contribution in [2.24, 2.45) is 23.2 Å². The molecular formula is C18H27NO2. The Labute approximate surface area is 127 Å². The number of hydrogen-bond donors (Lipinski definition) is 0. The average Bonchev–Trinajstić information content (AvgIpc) is 2.83. The first-order valence-electron chi connectivity index (χ1n) is 8.86. The molecule has 0 aromatic rings. The van der Waals surface area contributed by atoms with Crippen LogP contribution in [0.2, 0.25) is 0 Å². The Hall–Kier alpha value is -0.860. The Morgan fingerprint density at radius 1 is 1.05 bits per heavy atom. The molecule has 1 atom stereocenters. The summed E-state index contributed by atoms with van der Waals surface area (Å²) < 4.78 is 0. The second-order valence-corrected chi connectivity index (χ2v) is 8.40. The van der Waals surface area contributed by atoms with Crippen molar-refractivity contribution in [3.8, 4) is 0 Å². The van der Waals surface area contributed by atoms with Gasteiger partial charge in [-0.05, 0) is 76.0 Å². The van der Waals surface area contributed by atoms with Crippen molar-refractivity contribution in [3.05, 3.63) is 0 Å². The number of rotatable bonds is 3. The van der Waals surface area contributed by atoms with Crippen molar-refractivity contribution in [2.45, 2.75) is 70.8 Å². The highest BCUT2D eigenvalue weighted by atomic mass is 16.2. The number of hydrogen-bond acceptors (Lipinski definition) is 2. The van der Waals surface area contributed by atoms with Crippen molar-refractivity contribution in [1.29, 1.82) is 0 Å². The van der Waals surface area contributed by atoms with E-state index in [0.717, 1.165) is 56.4 Å². The molecule has 116 valence electrons. The number of amides is 1. The quantitative estimate of drug-likeness (QED) is 0.800. The molecule has 3 heteroatoms. The fourth-order valence-corrected chi connectivity index (χ4v) is 6.32. The van der Waals surface area contributed by atoms with E-state index in [2.05, 4.69) is 4.90 Å². The van der Waals surface area contributed by atoms with E-state index in [0.29, 0.717) is 12.3 Å². The minimum Gasteiger partial charge on any atom is -0.339 e. The summed E-state index contributed by atoms with van der Waals surface area (Å²) in [5.41, 5.74) is -0.0336. The van der Waals surface area contributed by atoms with Crippen molar-refractivity contribution in [1.82, 2.24) is 4.90 Å². The largest absolute Gasteiger partial charge is 0.339 e. The van der Waals surface area contributed by atoms with Crippen LogP contribution in [0.4, 0.5) is 0 Å². The molecule has 0 aromatic heterocycles. The zero-order chi connectivity index (χ0) is 14.6. The van der Waals surface area contributed by atoms with Gasteiger partial charge < -0.3 is 4.90 Å². The molecule has 0 spiro atoms. The van der Waals surface area contributed by atoms with Crippen molar-refractivity contribution in [3.63, 3.8) is 0 Å². The number of ketones is 1. The summed E-state index contributed by atoms with van der Waals surface area (Å²) in [5, 5.41) is 0. The average molecular weight is 289 g/mol. The number of carbonyl (C=O) groups excluding carboxylic acids is 2. The predicted octanol–water partition coefficient (Wildman–Crippen LogP) is 3.17. The van der Waals surface area contributed by atoms with E-state index in [1.807, 2.05) is 0 Å². The minimum atomic E-state index is -0.0336. The highest BCUT2D eigenvalue weighted by molar-refractivity contribution is 5.85. The monoisotopic (exact) mass is 289 g/mol. The third kappa shape index (κ3) is 2.24. The fraction of sp³-hybridized carbons (Fsp3) is 0.889. The van der Waals surface area contributed by atoms with Gasteiger partial charge in [0.25, 0.3) is 0 Å². The van der Waals surface area contributed by atoms with Crippen molar-refractivity contribution < 1.29 is 9.59 Å². The predicted molar refractivity (Wildman–Crippen MR) is 80.6 cm³/mol. The molecule has 5 aliphatic rings. The molecule has 4 bridgehead atoms. The molecule has 5 fully saturated rings. The molecule has 1 aliphatic heterocycles. The van der Waals surface area contributed by atoms with Gasteiger partial charge >= 0.3 is 0 Å². The van der Waals surface area contributed by atoms with Gasteiger partial charge in [0.1, 0.15) is 5.78 Å². The maximum absolute atomic E-state index is 13.3. The van der Waals surface area contributed by atoms with Crippen LogP contribution in [-0.2, 0) is 9.59 Å². The third-order valence-electron chi connectivity index (χ3n) is 6.65. The lowest BCUT2D eigenvalue weighted by molar-refractivity contribution is -0.158. The highest BCUT2D eigenvalue weighted by Gasteiger charge is 2.56. The van der Waals surface area contributed by atoms with Gasteiger partial charge in [0, 0.05) is 19.0 Å². The first-order chi connectivity index (χ1) is 10.1. The van der Waals surface area contributed by atoms with E-state index < -0.39 is 0 Å². The molecule has 5 rings (SSSR count). The molecule has 4 aliphatic carbocycles. The van der Waals surface area contributed by atoms with Gasteiger partial charge in [0.15, 0.2) is 0 Å². The Bertz CT molecular complexity index is 435. The maximum atomic E-state index is 13.3. The van der Waals surface area contributed by atoms with Crippen LogP contribution in [0.5, 0.6) is 0 Å². The number of carbonyl (C=O) groups is 2. The summed E-state index contributed by atoms with van der Waals surface area (Å²) in [5.74, 6) is 3.09. The Balaban J connectivity index is 1.55. The Kier molecular flexibility index (Phi) is 3.16. The summed E-state index contributed by atoms with van der Waals surface area (Å²) in [6.07, 6.45) is 10.2. The first-order valence-corrected chi connectivity index (χ1v) is 8.86. The highest BCUT2D eigenvalue weighted by Crippen LogP contribution is 2.60. The summed E-state index contributed by atoms with van der Waals surface area (Å²) >= 11 is 0. The molecular weight excluding hydrogens is 262 g/mol. The summed E-state index contributed by atoms with van der Waals surface area (Å²) in [7, 11) is 0. The molecule has 1 amide bonds. The van der Waals surface area contributed by atoms with E-state index in [1.165, 1.54) is 19.3 Å². The van der Waals surface area contributed by atoms with E-state index in [-0.39, 0.29) is 17.2 Å². The fourth-order valence-electron chi connectivity index (χ4n) is 6.32. The van der Waals surface area contributed by atoms with Gasteiger partial charge in [-0.1, -0.05) is 0 Å². The van der Waals surface area contributed by atoms with Gasteiger partial charge in [0.05, 0.1) is 5.41 Å². The summed E-state index contributed by atoms with van der Waals surface area (Å²) in [6.45, 7) is 2.55. The molecule has 3 nitrogen and oxygen atoms in total. The van der Waals surface area contributed by atoms with Gasteiger partial charge in [-0.15, -0.1) is 0 Å². The number of nitrogens with zero attached hydrogens (tertiary/aromatic N) is 1. The van der Waals surface area contributed by atoms with E-state index in [9.17, 15) is 9.59 Å². The molecule has 1 saturated heterocycles. The van der Waals surface area contributed by atoms with Crippen LogP contribution in [0.15, 0.2) is 0 Å². The van der Waals surface area contributed by atoms with Gasteiger partial charge in [0.2, 0.25) is 5.91 Å². The molecule has 1 heterocycles. The van der Waals surface area contributed by atoms with Crippen molar-refractivity contribution in [2.75, 3.05) is 6.54 Å². The smallest absolute Gasteiger partial charge is 0.229 e. The second kappa shape index (κ2) is 4.82. The zero-order valence-electron chi connectivity index (χ0n) is 13.1. The third-order valence-corrected chi connectivity index (χ3v) is 6.65. The van der Waals surface area contributed by atoms with E-state index in [1.54, 1.807) is 6.92 Å². The summed E-state index contributed by atoms with van der Waals surface area (Å²) in [6, 6.07) is 0.197. The van der Waals surface area contributed by atoms with Crippen LogP contribution < -0.4 is 0 Å². The lowest BCUT2D eigenvalue weighted by Crippen LogP contribution is -2.55. The topological polar surface area (TPSA) is 37.4 Å². The van der Waals surface area contributed by atoms with Gasteiger partial charge in [-0.3, -0.25) is 9.59 Å². The van der Waals surface area contributed by atoms with Gasteiger partial charge in [-0.25, -0.2) is 0 Å². The first kappa shape index (κ1) is 13.8. The standard InChI is InChI=1S/C18H27NO2/c1-12(20)5-16-3-2-4-19(16)17(21)18-9-13-6-14(10-18)8-15(7-13)11-18/h13-16H,2-11H2,1H3. The van der Waals surface area contributed by atoms with Crippen LogP contribution >= 0.6 is 0 Å². The molecule has 0 aromatic carbocycles. The van der Waals surface area contributed by atoms with Crippen LogP contribution in [0.1, 0.15) is 64.7 Å². The summed E-state index contributed by atoms with van der Waals surface area (Å²) in [4.78, 5) is 26.9. The van der Waals surface area contributed by atoms with E-state index in [4.69, 9.17) is 0 Å². The maximum Gasteiger partial charge on any atom is 0.229 e. The van der Waals surface area contributed by atoms with Crippen LogP contribution in [-0.4, -0.2) is 29.2 Å². The zero-order valence-corrected chi connectivity index (χ0v) is 13.1. The minimum absolute atomic E-state index is 0.0336. The van der Waals surface area contributed by atoms with Gasteiger partial charge in [-0.2, -0.15) is 0 Å². The van der Waals surface area contributed by atoms with Crippen molar-refractivity contribution >= 4 is 11.7 Å². The SMILES string of the molecule is CC(=O)CC1CCCN1C(=O)C12CC3CC(CC(C3)C1)C2. The number of likely N-dealkylation sites (tertiary alicyclic amines) is 1. The molecule has 1 unspecified atom stereocenters. The Morgan fingerprint density at radius 2 is 1.62 bits per heavy atom.